The van der Waals surface area contributed by atoms with Gasteiger partial charge in [-0.15, -0.1) is 11.3 Å². The molecule has 0 aliphatic rings. The van der Waals surface area contributed by atoms with Gasteiger partial charge in [0, 0.05) is 29.3 Å². The smallest absolute Gasteiger partial charge is 0.227 e. The molecule has 1 N–H and O–H groups in total. The van der Waals surface area contributed by atoms with Gasteiger partial charge in [0.05, 0.1) is 5.69 Å². The number of carbonyl (C=O) groups excluding carboxylic acids is 1. The van der Waals surface area contributed by atoms with Crippen LogP contribution in [0.4, 0.5) is 5.13 Å². The third kappa shape index (κ3) is 4.99. The number of rotatable bonds is 8. The van der Waals surface area contributed by atoms with Crippen molar-refractivity contribution in [3.05, 3.63) is 71.4 Å². The molecule has 4 rings (SSSR count). The zero-order chi connectivity index (χ0) is 20.8. The van der Waals surface area contributed by atoms with Crippen LogP contribution < -0.4 is 5.32 Å². The number of benzene rings is 2. The molecule has 0 fully saturated rings. The van der Waals surface area contributed by atoms with E-state index in [0.717, 1.165) is 29.7 Å². The zero-order valence-electron chi connectivity index (χ0n) is 16.7. The molecule has 2 aromatic heterocycles. The molecule has 0 bridgehead atoms. The van der Waals surface area contributed by atoms with Crippen molar-refractivity contribution < 1.29 is 9.32 Å². The lowest BCUT2D eigenvalue weighted by Gasteiger charge is -2.01. The number of aromatic nitrogens is 3. The Bertz CT molecular complexity index is 1100. The quantitative estimate of drug-likeness (QED) is 0.415. The van der Waals surface area contributed by atoms with Crippen LogP contribution in [0.3, 0.4) is 0 Å². The summed E-state index contributed by atoms with van der Waals surface area (Å²) >= 11 is 1.42. The fourth-order valence-electron chi connectivity index (χ4n) is 3.06. The van der Waals surface area contributed by atoms with Gasteiger partial charge in [-0.25, -0.2) is 4.98 Å². The summed E-state index contributed by atoms with van der Waals surface area (Å²) < 4.78 is 5.25. The predicted molar refractivity (Wildman–Crippen MR) is 118 cm³/mol. The fraction of sp³-hybridized carbons (Fsp3) is 0.217. The van der Waals surface area contributed by atoms with Crippen molar-refractivity contribution in [1.29, 1.82) is 0 Å². The summed E-state index contributed by atoms with van der Waals surface area (Å²) in [7, 11) is 0. The molecule has 4 aromatic rings. The molecule has 30 heavy (non-hydrogen) atoms. The molecular formula is C23H22N4O2S. The van der Waals surface area contributed by atoms with Crippen LogP contribution in [0.25, 0.3) is 22.6 Å². The van der Waals surface area contributed by atoms with Gasteiger partial charge in [-0.1, -0.05) is 73.1 Å². The summed E-state index contributed by atoms with van der Waals surface area (Å²) in [4.78, 5) is 21.2. The lowest BCUT2D eigenvalue weighted by molar-refractivity contribution is -0.116. The first-order valence-electron chi connectivity index (χ1n) is 9.94. The van der Waals surface area contributed by atoms with Gasteiger partial charge in [-0.3, -0.25) is 4.79 Å². The van der Waals surface area contributed by atoms with Gasteiger partial charge in [0.2, 0.25) is 17.6 Å². The summed E-state index contributed by atoms with van der Waals surface area (Å²) in [6, 6.07) is 18.0. The van der Waals surface area contributed by atoms with Crippen molar-refractivity contribution in [1.82, 2.24) is 15.1 Å². The summed E-state index contributed by atoms with van der Waals surface area (Å²) in [6.07, 6.45) is 2.83. The number of anilines is 1. The second-order valence-electron chi connectivity index (χ2n) is 6.91. The number of nitrogens with zero attached hydrogens (tertiary/aromatic N) is 3. The third-order valence-electron chi connectivity index (χ3n) is 4.60. The molecule has 0 aliphatic carbocycles. The summed E-state index contributed by atoms with van der Waals surface area (Å²) in [5, 5.41) is 9.37. The van der Waals surface area contributed by atoms with E-state index < -0.39 is 0 Å². The second kappa shape index (κ2) is 9.45. The SMILES string of the molecule is CCCc1ccc(-c2csc(NC(=O)CCc3nc(-c4ccccc4)no3)n2)cc1. The van der Waals surface area contributed by atoms with E-state index in [0.29, 0.717) is 23.3 Å². The largest absolute Gasteiger partial charge is 0.339 e. The first-order valence-corrected chi connectivity index (χ1v) is 10.8. The van der Waals surface area contributed by atoms with Gasteiger partial charge in [0.1, 0.15) is 0 Å². The van der Waals surface area contributed by atoms with E-state index in [1.807, 2.05) is 35.7 Å². The average molecular weight is 419 g/mol. The summed E-state index contributed by atoms with van der Waals surface area (Å²) in [5.74, 6) is 0.838. The number of hydrogen-bond donors (Lipinski definition) is 1. The first kappa shape index (κ1) is 20.0. The Kier molecular flexibility index (Phi) is 6.29. The van der Waals surface area contributed by atoms with Crippen molar-refractivity contribution >= 4 is 22.4 Å². The molecule has 2 heterocycles. The van der Waals surface area contributed by atoms with Crippen LogP contribution >= 0.6 is 11.3 Å². The molecule has 0 spiro atoms. The highest BCUT2D eigenvalue weighted by molar-refractivity contribution is 7.14. The van der Waals surface area contributed by atoms with E-state index >= 15 is 0 Å². The molecule has 6 nitrogen and oxygen atoms in total. The minimum atomic E-state index is -0.131. The lowest BCUT2D eigenvalue weighted by atomic mass is 10.1. The number of thiazole rings is 1. The monoisotopic (exact) mass is 418 g/mol. The van der Waals surface area contributed by atoms with Crippen molar-refractivity contribution in [3.8, 4) is 22.6 Å². The van der Waals surface area contributed by atoms with Crippen molar-refractivity contribution in [3.63, 3.8) is 0 Å². The van der Waals surface area contributed by atoms with Crippen LogP contribution in [0.5, 0.6) is 0 Å². The van der Waals surface area contributed by atoms with Gasteiger partial charge in [0.25, 0.3) is 0 Å². The minimum Gasteiger partial charge on any atom is -0.339 e. The van der Waals surface area contributed by atoms with Crippen LogP contribution in [-0.2, 0) is 17.6 Å². The Morgan fingerprint density at radius 1 is 1.00 bits per heavy atom. The topological polar surface area (TPSA) is 80.9 Å². The number of amides is 1. The van der Waals surface area contributed by atoms with E-state index in [1.165, 1.54) is 16.9 Å². The third-order valence-corrected chi connectivity index (χ3v) is 5.36. The van der Waals surface area contributed by atoms with Gasteiger partial charge >= 0.3 is 0 Å². The Hall–Kier alpha value is -3.32. The molecule has 0 saturated heterocycles. The van der Waals surface area contributed by atoms with Crippen LogP contribution in [0.15, 0.2) is 64.5 Å². The van der Waals surface area contributed by atoms with Crippen LogP contribution in [-0.4, -0.2) is 21.0 Å². The molecule has 7 heteroatoms. The van der Waals surface area contributed by atoms with Gasteiger partial charge in [-0.2, -0.15) is 4.98 Å². The fourth-order valence-corrected chi connectivity index (χ4v) is 3.79. The van der Waals surface area contributed by atoms with Crippen molar-refractivity contribution in [2.75, 3.05) is 5.32 Å². The van der Waals surface area contributed by atoms with Gasteiger partial charge in [-0.05, 0) is 12.0 Å². The highest BCUT2D eigenvalue weighted by Gasteiger charge is 2.12. The van der Waals surface area contributed by atoms with Crippen LogP contribution in [0, 0.1) is 0 Å². The summed E-state index contributed by atoms with van der Waals surface area (Å²) in [6.45, 7) is 2.17. The Morgan fingerprint density at radius 3 is 2.57 bits per heavy atom. The molecule has 0 radical (unpaired) electrons. The lowest BCUT2D eigenvalue weighted by Crippen LogP contribution is -2.12. The molecular weight excluding hydrogens is 396 g/mol. The predicted octanol–water partition coefficient (Wildman–Crippen LogP) is 5.38. The maximum atomic E-state index is 12.3. The van der Waals surface area contributed by atoms with E-state index in [4.69, 9.17) is 4.52 Å². The molecule has 1 amide bonds. The molecule has 2 aromatic carbocycles. The van der Waals surface area contributed by atoms with Crippen LogP contribution in [0.2, 0.25) is 0 Å². The Labute approximate surface area is 179 Å². The molecule has 152 valence electrons. The van der Waals surface area contributed by atoms with E-state index in [1.54, 1.807) is 0 Å². The maximum Gasteiger partial charge on any atom is 0.227 e. The van der Waals surface area contributed by atoms with E-state index in [2.05, 4.69) is 51.6 Å². The number of aryl methyl sites for hydroxylation is 2. The highest BCUT2D eigenvalue weighted by Crippen LogP contribution is 2.25. The van der Waals surface area contributed by atoms with Gasteiger partial charge < -0.3 is 9.84 Å². The number of carbonyl (C=O) groups is 1. The Balaban J connectivity index is 1.31. The zero-order valence-corrected chi connectivity index (χ0v) is 17.5. The second-order valence-corrected chi connectivity index (χ2v) is 7.77. The van der Waals surface area contributed by atoms with E-state index in [9.17, 15) is 4.79 Å². The van der Waals surface area contributed by atoms with Crippen LogP contribution in [0.1, 0.15) is 31.2 Å². The summed E-state index contributed by atoms with van der Waals surface area (Å²) in [5.41, 5.74) is 4.12. The molecule has 0 saturated carbocycles. The minimum absolute atomic E-state index is 0.131. The van der Waals surface area contributed by atoms with Gasteiger partial charge in [0.15, 0.2) is 5.13 Å². The molecule has 0 atom stereocenters. The van der Waals surface area contributed by atoms with Crippen molar-refractivity contribution in [2.24, 2.45) is 0 Å². The highest BCUT2D eigenvalue weighted by atomic mass is 32.1. The van der Waals surface area contributed by atoms with Crippen molar-refractivity contribution in [2.45, 2.75) is 32.6 Å². The molecule has 0 aliphatic heterocycles. The number of nitrogens with one attached hydrogen (secondary N) is 1. The standard InChI is InChI=1S/C23H22N4O2S/c1-2-6-16-9-11-17(12-10-16)19-15-30-23(24-19)25-20(28)13-14-21-26-22(27-29-21)18-7-4-3-5-8-18/h3-5,7-12,15H,2,6,13-14H2,1H3,(H,24,25,28). The normalized spacial score (nSPS) is 10.8. The maximum absolute atomic E-state index is 12.3. The van der Waals surface area contributed by atoms with E-state index in [-0.39, 0.29) is 12.3 Å². The molecule has 0 unspecified atom stereocenters. The Morgan fingerprint density at radius 2 is 1.80 bits per heavy atom. The number of hydrogen-bond acceptors (Lipinski definition) is 6. The first-order chi connectivity index (χ1) is 14.7. The average Bonchev–Trinajstić information content (AvgIpc) is 3.44.